The fourth-order valence-electron chi connectivity index (χ4n) is 1.42. The van der Waals surface area contributed by atoms with Crippen molar-refractivity contribution in [1.29, 1.82) is 0 Å². The van der Waals surface area contributed by atoms with Gasteiger partial charge in [0.2, 0.25) is 5.91 Å². The van der Waals surface area contributed by atoms with Crippen LogP contribution in [0.5, 0.6) is 0 Å². The molecule has 0 radical (unpaired) electrons. The first kappa shape index (κ1) is 12.5. The van der Waals surface area contributed by atoms with Gasteiger partial charge in [-0.05, 0) is 31.0 Å². The monoisotopic (exact) mass is 222 g/mol. The number of nitrogens with two attached hydrogens (primary N) is 1. The van der Waals surface area contributed by atoms with E-state index in [0.29, 0.717) is 18.7 Å². The molecule has 4 heteroatoms. The highest BCUT2D eigenvalue weighted by Gasteiger charge is 2.14. The minimum Gasteiger partial charge on any atom is -0.399 e. The van der Waals surface area contributed by atoms with Gasteiger partial charge in [-0.25, -0.2) is 0 Å². The molecule has 0 aliphatic heterocycles. The van der Waals surface area contributed by atoms with Gasteiger partial charge in [-0.15, -0.1) is 0 Å². The minimum atomic E-state index is -0.220. The van der Waals surface area contributed by atoms with Crippen LogP contribution in [0.3, 0.4) is 0 Å². The van der Waals surface area contributed by atoms with Gasteiger partial charge in [-0.3, -0.25) is 4.79 Å². The Labute approximate surface area is 95.5 Å². The second kappa shape index (κ2) is 6.12. The molecule has 1 aromatic carbocycles. The minimum absolute atomic E-state index is 0.0425. The maximum absolute atomic E-state index is 11.7. The van der Waals surface area contributed by atoms with E-state index in [-0.39, 0.29) is 18.4 Å². The molecule has 1 atom stereocenters. The average Bonchev–Trinajstić information content (AvgIpc) is 2.28. The van der Waals surface area contributed by atoms with Crippen LogP contribution in [0.4, 0.5) is 5.69 Å². The van der Waals surface area contributed by atoms with Gasteiger partial charge in [0.05, 0.1) is 5.92 Å². The van der Waals surface area contributed by atoms with Crippen LogP contribution < -0.4 is 11.1 Å². The lowest BCUT2D eigenvalue weighted by Gasteiger charge is -2.12. The Balaban J connectivity index is 2.56. The first-order chi connectivity index (χ1) is 7.65. The van der Waals surface area contributed by atoms with Crippen LogP contribution in [0.2, 0.25) is 0 Å². The molecule has 0 fully saturated rings. The average molecular weight is 222 g/mol. The summed E-state index contributed by atoms with van der Waals surface area (Å²) in [6.07, 6.45) is 0.579. The van der Waals surface area contributed by atoms with Crippen LogP contribution in [-0.4, -0.2) is 24.2 Å². The molecule has 88 valence electrons. The molecule has 1 aromatic rings. The molecule has 1 amide bonds. The zero-order valence-corrected chi connectivity index (χ0v) is 9.44. The van der Waals surface area contributed by atoms with Gasteiger partial charge in [0.15, 0.2) is 0 Å². The third-order valence-electron chi connectivity index (χ3n) is 2.44. The molecular weight excluding hydrogens is 204 g/mol. The van der Waals surface area contributed by atoms with Gasteiger partial charge in [-0.1, -0.05) is 12.1 Å². The number of amides is 1. The summed E-state index contributed by atoms with van der Waals surface area (Å²) < 4.78 is 0. The molecule has 0 aromatic heterocycles. The second-order valence-corrected chi connectivity index (χ2v) is 3.76. The summed E-state index contributed by atoms with van der Waals surface area (Å²) >= 11 is 0. The summed E-state index contributed by atoms with van der Waals surface area (Å²) in [5, 5.41) is 11.4. The molecule has 0 aliphatic rings. The normalized spacial score (nSPS) is 12.1. The van der Waals surface area contributed by atoms with Crippen molar-refractivity contribution in [1.82, 2.24) is 5.32 Å². The van der Waals surface area contributed by atoms with Gasteiger partial charge in [0.1, 0.15) is 0 Å². The predicted octanol–water partition coefficient (Wildman–Crippen LogP) is 0.871. The summed E-state index contributed by atoms with van der Waals surface area (Å²) in [6.45, 7) is 2.43. The SMILES string of the molecule is CC(C(=O)NCCCO)c1cccc(N)c1. The predicted molar refractivity (Wildman–Crippen MR) is 64.0 cm³/mol. The molecule has 0 saturated heterocycles. The molecule has 16 heavy (non-hydrogen) atoms. The number of aliphatic hydroxyl groups excluding tert-OH is 1. The molecule has 0 heterocycles. The zero-order chi connectivity index (χ0) is 12.0. The van der Waals surface area contributed by atoms with Crippen molar-refractivity contribution in [3.63, 3.8) is 0 Å². The van der Waals surface area contributed by atoms with Crippen molar-refractivity contribution in [2.24, 2.45) is 0 Å². The summed E-state index contributed by atoms with van der Waals surface area (Å²) in [6, 6.07) is 7.31. The van der Waals surface area contributed by atoms with E-state index in [0.717, 1.165) is 5.56 Å². The Hall–Kier alpha value is -1.55. The fraction of sp³-hybridized carbons (Fsp3) is 0.417. The third kappa shape index (κ3) is 3.55. The Morgan fingerprint density at radius 1 is 1.56 bits per heavy atom. The molecule has 0 saturated carbocycles. The van der Waals surface area contributed by atoms with Crippen LogP contribution >= 0.6 is 0 Å². The number of nitrogens with one attached hydrogen (secondary N) is 1. The van der Waals surface area contributed by atoms with Crippen LogP contribution in [0.1, 0.15) is 24.8 Å². The Morgan fingerprint density at radius 3 is 2.94 bits per heavy atom. The third-order valence-corrected chi connectivity index (χ3v) is 2.44. The first-order valence-corrected chi connectivity index (χ1v) is 5.39. The highest BCUT2D eigenvalue weighted by molar-refractivity contribution is 5.83. The van der Waals surface area contributed by atoms with E-state index in [1.807, 2.05) is 19.1 Å². The maximum Gasteiger partial charge on any atom is 0.227 e. The molecule has 0 aliphatic carbocycles. The summed E-state index contributed by atoms with van der Waals surface area (Å²) in [5.41, 5.74) is 7.22. The van der Waals surface area contributed by atoms with Gasteiger partial charge in [-0.2, -0.15) is 0 Å². The first-order valence-electron chi connectivity index (χ1n) is 5.39. The number of benzene rings is 1. The Morgan fingerprint density at radius 2 is 2.31 bits per heavy atom. The molecule has 4 N–H and O–H groups in total. The highest BCUT2D eigenvalue weighted by atomic mass is 16.3. The molecule has 0 bridgehead atoms. The zero-order valence-electron chi connectivity index (χ0n) is 9.44. The number of nitrogen functional groups attached to an aromatic ring is 1. The molecule has 0 spiro atoms. The van der Waals surface area contributed by atoms with E-state index in [9.17, 15) is 4.79 Å². The number of carbonyl (C=O) groups excluding carboxylic acids is 1. The Kier molecular flexibility index (Phi) is 4.79. The topological polar surface area (TPSA) is 75.3 Å². The van der Waals surface area contributed by atoms with Crippen molar-refractivity contribution in [2.45, 2.75) is 19.3 Å². The summed E-state index contributed by atoms with van der Waals surface area (Å²) in [4.78, 5) is 11.7. The molecule has 1 unspecified atom stereocenters. The van der Waals surface area contributed by atoms with Gasteiger partial charge < -0.3 is 16.2 Å². The summed E-state index contributed by atoms with van der Waals surface area (Å²) in [7, 11) is 0. The lowest BCUT2D eigenvalue weighted by Crippen LogP contribution is -2.29. The quantitative estimate of drug-likeness (QED) is 0.511. The standard InChI is InChI=1S/C12H18N2O2/c1-9(12(16)14-6-3-7-15)10-4-2-5-11(13)8-10/h2,4-5,8-9,15H,3,6-7,13H2,1H3,(H,14,16). The number of aliphatic hydroxyl groups is 1. The van der Waals surface area contributed by atoms with Gasteiger partial charge in [0.25, 0.3) is 0 Å². The number of hydrogen-bond acceptors (Lipinski definition) is 3. The van der Waals surface area contributed by atoms with Crippen molar-refractivity contribution in [3.05, 3.63) is 29.8 Å². The molecule has 4 nitrogen and oxygen atoms in total. The Bertz CT molecular complexity index is 353. The van der Waals surface area contributed by atoms with E-state index in [1.54, 1.807) is 12.1 Å². The van der Waals surface area contributed by atoms with Crippen LogP contribution in [0, 0.1) is 0 Å². The van der Waals surface area contributed by atoms with Crippen LogP contribution in [0.15, 0.2) is 24.3 Å². The largest absolute Gasteiger partial charge is 0.399 e. The van der Waals surface area contributed by atoms with Crippen molar-refractivity contribution < 1.29 is 9.90 Å². The van der Waals surface area contributed by atoms with E-state index >= 15 is 0 Å². The van der Waals surface area contributed by atoms with Crippen LogP contribution in [0.25, 0.3) is 0 Å². The number of rotatable bonds is 5. The van der Waals surface area contributed by atoms with Crippen molar-refractivity contribution in [3.8, 4) is 0 Å². The summed E-state index contributed by atoms with van der Waals surface area (Å²) in [5.74, 6) is -0.263. The number of anilines is 1. The fourth-order valence-corrected chi connectivity index (χ4v) is 1.42. The number of carbonyl (C=O) groups is 1. The van der Waals surface area contributed by atoms with Gasteiger partial charge in [0, 0.05) is 18.8 Å². The maximum atomic E-state index is 11.7. The molecular formula is C12H18N2O2. The van der Waals surface area contributed by atoms with Crippen molar-refractivity contribution >= 4 is 11.6 Å². The lowest BCUT2D eigenvalue weighted by atomic mass is 10.00. The van der Waals surface area contributed by atoms with Crippen LogP contribution in [-0.2, 0) is 4.79 Å². The van der Waals surface area contributed by atoms with E-state index in [1.165, 1.54) is 0 Å². The second-order valence-electron chi connectivity index (χ2n) is 3.76. The highest BCUT2D eigenvalue weighted by Crippen LogP contribution is 2.17. The van der Waals surface area contributed by atoms with Crippen molar-refractivity contribution in [2.75, 3.05) is 18.9 Å². The molecule has 1 rings (SSSR count). The smallest absolute Gasteiger partial charge is 0.227 e. The van der Waals surface area contributed by atoms with E-state index < -0.39 is 0 Å². The van der Waals surface area contributed by atoms with E-state index in [2.05, 4.69) is 5.32 Å². The van der Waals surface area contributed by atoms with E-state index in [4.69, 9.17) is 10.8 Å². The lowest BCUT2D eigenvalue weighted by molar-refractivity contribution is -0.122. The van der Waals surface area contributed by atoms with Gasteiger partial charge >= 0.3 is 0 Å². The number of hydrogen-bond donors (Lipinski definition) is 3.